The minimum absolute atomic E-state index is 0.153. The lowest BCUT2D eigenvalue weighted by molar-refractivity contribution is -0.122. The van der Waals surface area contributed by atoms with Crippen molar-refractivity contribution >= 4 is 40.5 Å². The summed E-state index contributed by atoms with van der Waals surface area (Å²) in [7, 11) is 0. The van der Waals surface area contributed by atoms with Gasteiger partial charge in [0.25, 0.3) is 11.8 Å². The van der Waals surface area contributed by atoms with Crippen LogP contribution in [0.5, 0.6) is 0 Å². The molecule has 1 unspecified atom stereocenters. The second-order valence-electron chi connectivity index (χ2n) is 9.18. The molecule has 3 aromatic carbocycles. The number of amides is 4. The normalized spacial score (nSPS) is 15.9. The molecule has 0 aliphatic carbocycles. The Bertz CT molecular complexity index is 1550. The van der Waals surface area contributed by atoms with E-state index in [1.807, 2.05) is 41.0 Å². The number of carbonyl (C=O) groups excluding carboxylic acids is 3. The van der Waals surface area contributed by atoms with Gasteiger partial charge >= 0.3 is 6.03 Å². The average Bonchev–Trinajstić information content (AvgIpc) is 3.25. The first-order chi connectivity index (χ1) is 17.9. The smallest absolute Gasteiger partial charge is 0.335 e. The molecule has 4 aromatic rings. The molecular weight excluding hydrogens is 469 g/mol. The number of rotatable bonds is 6. The minimum atomic E-state index is -0.787. The number of fused-ring (bicyclic) bond motifs is 1. The van der Waals surface area contributed by atoms with Crippen LogP contribution >= 0.6 is 0 Å². The third-order valence-electron chi connectivity index (χ3n) is 6.85. The Kier molecular flexibility index (Phi) is 6.44. The van der Waals surface area contributed by atoms with Crippen molar-refractivity contribution in [1.82, 2.24) is 9.88 Å². The predicted octanol–water partition coefficient (Wildman–Crippen LogP) is 6.01. The molecular formula is C30H26FN3O3. The second-order valence-corrected chi connectivity index (χ2v) is 9.18. The van der Waals surface area contributed by atoms with Crippen LogP contribution in [0, 0.1) is 5.82 Å². The summed E-state index contributed by atoms with van der Waals surface area (Å²) < 4.78 is 16.2. The number of para-hydroxylation sites is 1. The Morgan fingerprint density at radius 2 is 1.65 bits per heavy atom. The van der Waals surface area contributed by atoms with E-state index in [1.165, 1.54) is 12.1 Å². The van der Waals surface area contributed by atoms with Gasteiger partial charge in [-0.1, -0.05) is 62.4 Å². The zero-order valence-corrected chi connectivity index (χ0v) is 20.6. The van der Waals surface area contributed by atoms with Crippen LogP contribution in [0.15, 0.2) is 84.6 Å². The van der Waals surface area contributed by atoms with Crippen LogP contribution in [-0.4, -0.2) is 22.4 Å². The standard InChI is InChI=1S/C30H26FN3O3/c1-3-19(2)20-12-14-23(15-13-20)34-29(36)25(28(35)32-30(34)37)16-22-18-33(27-11-7-5-9-24(22)27)17-21-8-4-6-10-26(21)31/h4-16,18-19H,3,17H2,1-2H3,(H,32,35,37). The Hall–Kier alpha value is -4.52. The van der Waals surface area contributed by atoms with Crippen molar-refractivity contribution in [3.63, 3.8) is 0 Å². The number of imide groups is 2. The van der Waals surface area contributed by atoms with Gasteiger partial charge in [-0.25, -0.2) is 14.1 Å². The summed E-state index contributed by atoms with van der Waals surface area (Å²) in [5.41, 5.74) is 3.30. The molecule has 1 fully saturated rings. The fourth-order valence-corrected chi connectivity index (χ4v) is 4.57. The number of nitrogens with one attached hydrogen (secondary N) is 1. The molecule has 1 N–H and O–H groups in total. The summed E-state index contributed by atoms with van der Waals surface area (Å²) >= 11 is 0. The first kappa shape index (κ1) is 24.2. The lowest BCUT2D eigenvalue weighted by Crippen LogP contribution is -2.54. The molecule has 0 radical (unpaired) electrons. The van der Waals surface area contributed by atoms with Crippen LogP contribution in [0.1, 0.15) is 42.9 Å². The lowest BCUT2D eigenvalue weighted by Gasteiger charge is -2.26. The largest absolute Gasteiger partial charge is 0.342 e. The van der Waals surface area contributed by atoms with Gasteiger partial charge in [0.2, 0.25) is 0 Å². The number of aromatic nitrogens is 1. The minimum Gasteiger partial charge on any atom is -0.342 e. The number of hydrogen-bond donors (Lipinski definition) is 1. The molecule has 1 aliphatic rings. The van der Waals surface area contributed by atoms with Crippen LogP contribution in [0.2, 0.25) is 0 Å². The number of hydrogen-bond acceptors (Lipinski definition) is 3. The van der Waals surface area contributed by atoms with E-state index in [4.69, 9.17) is 0 Å². The van der Waals surface area contributed by atoms with Gasteiger partial charge in [0.05, 0.1) is 12.2 Å². The quantitative estimate of drug-likeness (QED) is 0.263. The molecule has 5 rings (SSSR count). The molecule has 2 heterocycles. The number of halogens is 1. The van der Waals surface area contributed by atoms with Gasteiger partial charge in [-0.3, -0.25) is 14.9 Å². The van der Waals surface area contributed by atoms with Crippen LogP contribution in [-0.2, 0) is 16.1 Å². The van der Waals surface area contributed by atoms with E-state index in [9.17, 15) is 18.8 Å². The zero-order valence-electron chi connectivity index (χ0n) is 20.6. The van der Waals surface area contributed by atoms with Crippen LogP contribution in [0.25, 0.3) is 17.0 Å². The van der Waals surface area contributed by atoms with E-state index in [2.05, 4.69) is 19.2 Å². The summed E-state index contributed by atoms with van der Waals surface area (Å²) in [4.78, 5) is 39.8. The van der Waals surface area contributed by atoms with E-state index >= 15 is 0 Å². The summed E-state index contributed by atoms with van der Waals surface area (Å²) in [5, 5.41) is 3.08. The van der Waals surface area contributed by atoms with Crippen molar-refractivity contribution in [3.05, 3.63) is 107 Å². The van der Waals surface area contributed by atoms with Crippen molar-refractivity contribution in [2.45, 2.75) is 32.7 Å². The molecule has 186 valence electrons. The lowest BCUT2D eigenvalue weighted by atomic mass is 9.98. The highest BCUT2D eigenvalue weighted by Gasteiger charge is 2.37. The molecule has 4 amide bonds. The van der Waals surface area contributed by atoms with Crippen molar-refractivity contribution in [3.8, 4) is 0 Å². The molecule has 1 saturated heterocycles. The zero-order chi connectivity index (χ0) is 26.1. The van der Waals surface area contributed by atoms with Crippen molar-refractivity contribution in [1.29, 1.82) is 0 Å². The first-order valence-corrected chi connectivity index (χ1v) is 12.2. The third kappa shape index (κ3) is 4.56. The third-order valence-corrected chi connectivity index (χ3v) is 6.85. The molecule has 0 spiro atoms. The molecule has 0 saturated carbocycles. The van der Waals surface area contributed by atoms with Gasteiger partial charge in [-0.2, -0.15) is 0 Å². The molecule has 6 nitrogen and oxygen atoms in total. The monoisotopic (exact) mass is 495 g/mol. The SMILES string of the molecule is CCC(C)c1ccc(N2C(=O)NC(=O)C(=Cc3cn(Cc4ccccc4F)c4ccccc34)C2=O)cc1. The van der Waals surface area contributed by atoms with Crippen molar-refractivity contribution in [2.24, 2.45) is 0 Å². The summed E-state index contributed by atoms with van der Waals surface area (Å²) in [6, 6.07) is 20.5. The van der Waals surface area contributed by atoms with Crippen LogP contribution in [0.4, 0.5) is 14.9 Å². The van der Waals surface area contributed by atoms with Gasteiger partial charge in [-0.05, 0) is 48.2 Å². The number of barbiturate groups is 1. The Morgan fingerprint density at radius 3 is 2.38 bits per heavy atom. The molecule has 1 aliphatic heterocycles. The van der Waals surface area contributed by atoms with Crippen LogP contribution in [0.3, 0.4) is 0 Å². The van der Waals surface area contributed by atoms with Gasteiger partial charge in [0.1, 0.15) is 11.4 Å². The Labute approximate surface area is 214 Å². The molecule has 37 heavy (non-hydrogen) atoms. The summed E-state index contributed by atoms with van der Waals surface area (Å²) in [5.74, 6) is -1.42. The average molecular weight is 496 g/mol. The van der Waals surface area contributed by atoms with Gasteiger partial charge in [0, 0.05) is 28.2 Å². The van der Waals surface area contributed by atoms with Gasteiger partial charge in [-0.15, -0.1) is 0 Å². The molecule has 0 bridgehead atoms. The number of carbonyl (C=O) groups is 3. The molecule has 7 heteroatoms. The number of anilines is 1. The van der Waals surface area contributed by atoms with E-state index in [0.29, 0.717) is 22.7 Å². The fourth-order valence-electron chi connectivity index (χ4n) is 4.57. The highest BCUT2D eigenvalue weighted by atomic mass is 19.1. The maximum Gasteiger partial charge on any atom is 0.335 e. The van der Waals surface area contributed by atoms with Gasteiger partial charge in [0.15, 0.2) is 0 Å². The predicted molar refractivity (Wildman–Crippen MR) is 142 cm³/mol. The van der Waals surface area contributed by atoms with E-state index < -0.39 is 17.8 Å². The number of nitrogens with zero attached hydrogens (tertiary/aromatic N) is 2. The number of benzene rings is 3. The van der Waals surface area contributed by atoms with Crippen molar-refractivity contribution in [2.75, 3.05) is 4.90 Å². The Morgan fingerprint density at radius 1 is 0.946 bits per heavy atom. The highest BCUT2D eigenvalue weighted by Crippen LogP contribution is 2.28. The highest BCUT2D eigenvalue weighted by molar-refractivity contribution is 6.39. The van der Waals surface area contributed by atoms with E-state index in [0.717, 1.165) is 27.8 Å². The number of urea groups is 1. The maximum atomic E-state index is 14.3. The summed E-state index contributed by atoms with van der Waals surface area (Å²) in [6.07, 6.45) is 4.24. The second kappa shape index (κ2) is 9.85. The maximum absolute atomic E-state index is 14.3. The van der Waals surface area contributed by atoms with E-state index in [-0.39, 0.29) is 17.9 Å². The van der Waals surface area contributed by atoms with Gasteiger partial charge < -0.3 is 4.57 Å². The van der Waals surface area contributed by atoms with E-state index in [1.54, 1.807) is 36.5 Å². The Balaban J connectivity index is 1.53. The molecule has 1 atom stereocenters. The fraction of sp³-hybridized carbons (Fsp3) is 0.167. The van der Waals surface area contributed by atoms with Crippen molar-refractivity contribution < 1.29 is 18.8 Å². The summed E-state index contributed by atoms with van der Waals surface area (Å²) in [6.45, 7) is 4.48. The van der Waals surface area contributed by atoms with Crippen LogP contribution < -0.4 is 10.2 Å². The topological polar surface area (TPSA) is 71.4 Å². The first-order valence-electron chi connectivity index (χ1n) is 12.2. The molecule has 1 aromatic heterocycles.